The van der Waals surface area contributed by atoms with Crippen LogP contribution in [0.25, 0.3) is 11.1 Å². The third-order valence-corrected chi connectivity index (χ3v) is 7.41. The Kier molecular flexibility index (Phi) is 3.23. The predicted molar refractivity (Wildman–Crippen MR) is 99.4 cm³/mol. The van der Waals surface area contributed by atoms with Gasteiger partial charge in [-0.1, -0.05) is 58.4 Å². The van der Waals surface area contributed by atoms with E-state index in [-0.39, 0.29) is 0 Å². The Morgan fingerprint density at radius 1 is 0.739 bits per heavy atom. The van der Waals surface area contributed by atoms with Crippen LogP contribution in [-0.2, 0) is 5.41 Å². The minimum Gasteiger partial charge on any atom is -0.0616 e. The standard InChI is InChI=1S/C22H23Br/c23-21-4-2-1-3-20(21)18-5-7-19(8-6-18)22-12-15-9-16(13-22)11-17(10-15)14-22/h1-8,15-17H,9-14H2. The Balaban J connectivity index is 1.50. The molecular weight excluding hydrogens is 344 g/mol. The molecule has 23 heavy (non-hydrogen) atoms. The van der Waals surface area contributed by atoms with Crippen molar-refractivity contribution >= 4 is 15.9 Å². The average Bonchev–Trinajstić information content (AvgIpc) is 2.54. The summed E-state index contributed by atoms with van der Waals surface area (Å²) in [6.45, 7) is 0. The van der Waals surface area contributed by atoms with Crippen LogP contribution in [0.5, 0.6) is 0 Å². The van der Waals surface area contributed by atoms with E-state index in [1.54, 1.807) is 5.56 Å². The van der Waals surface area contributed by atoms with Crippen molar-refractivity contribution in [2.45, 2.75) is 43.9 Å². The van der Waals surface area contributed by atoms with E-state index in [0.29, 0.717) is 5.41 Å². The van der Waals surface area contributed by atoms with Gasteiger partial charge >= 0.3 is 0 Å². The van der Waals surface area contributed by atoms with E-state index in [0.717, 1.165) is 17.8 Å². The number of hydrogen-bond acceptors (Lipinski definition) is 0. The van der Waals surface area contributed by atoms with Gasteiger partial charge in [0.1, 0.15) is 0 Å². The summed E-state index contributed by atoms with van der Waals surface area (Å²) in [5.41, 5.74) is 4.75. The molecule has 0 spiro atoms. The fourth-order valence-electron chi connectivity index (χ4n) is 6.16. The first kappa shape index (κ1) is 14.3. The second-order valence-corrected chi connectivity index (χ2v) is 9.11. The van der Waals surface area contributed by atoms with Gasteiger partial charge < -0.3 is 0 Å². The summed E-state index contributed by atoms with van der Waals surface area (Å²) in [6.07, 6.45) is 8.92. The number of rotatable bonds is 2. The van der Waals surface area contributed by atoms with Gasteiger partial charge in [-0.3, -0.25) is 0 Å². The third kappa shape index (κ3) is 2.31. The SMILES string of the molecule is Brc1ccccc1-c1ccc(C23CC4CC(CC(C4)C2)C3)cc1. The van der Waals surface area contributed by atoms with Crippen molar-refractivity contribution in [2.24, 2.45) is 17.8 Å². The lowest BCUT2D eigenvalue weighted by atomic mass is 9.48. The molecule has 2 aromatic rings. The first-order chi connectivity index (χ1) is 11.2. The van der Waals surface area contributed by atoms with Gasteiger partial charge in [0.25, 0.3) is 0 Å². The molecule has 0 aliphatic heterocycles. The summed E-state index contributed by atoms with van der Waals surface area (Å²) < 4.78 is 1.18. The Labute approximate surface area is 147 Å². The van der Waals surface area contributed by atoms with Crippen LogP contribution < -0.4 is 0 Å². The topological polar surface area (TPSA) is 0 Å². The Morgan fingerprint density at radius 3 is 1.87 bits per heavy atom. The van der Waals surface area contributed by atoms with Gasteiger partial charge in [-0.25, -0.2) is 0 Å². The van der Waals surface area contributed by atoms with Crippen molar-refractivity contribution in [3.63, 3.8) is 0 Å². The van der Waals surface area contributed by atoms with E-state index < -0.39 is 0 Å². The molecule has 4 aliphatic carbocycles. The number of hydrogen-bond donors (Lipinski definition) is 0. The van der Waals surface area contributed by atoms with E-state index in [1.165, 1.54) is 54.1 Å². The molecule has 0 heterocycles. The molecule has 6 rings (SSSR count). The fourth-order valence-corrected chi connectivity index (χ4v) is 6.68. The summed E-state index contributed by atoms with van der Waals surface area (Å²) >= 11 is 3.68. The Bertz CT molecular complexity index is 693. The second-order valence-electron chi connectivity index (χ2n) is 8.26. The van der Waals surface area contributed by atoms with Crippen molar-refractivity contribution in [3.05, 3.63) is 58.6 Å². The molecule has 2 aromatic carbocycles. The normalized spacial score (nSPS) is 34.7. The Morgan fingerprint density at radius 2 is 1.30 bits per heavy atom. The second kappa shape index (κ2) is 5.21. The van der Waals surface area contributed by atoms with Crippen molar-refractivity contribution in [1.29, 1.82) is 0 Å². The first-order valence-corrected chi connectivity index (χ1v) is 9.87. The highest BCUT2D eigenvalue weighted by Gasteiger charge is 2.51. The van der Waals surface area contributed by atoms with Crippen LogP contribution in [0.15, 0.2) is 53.0 Å². The first-order valence-electron chi connectivity index (χ1n) is 9.07. The molecule has 0 amide bonds. The summed E-state index contributed by atoms with van der Waals surface area (Å²) in [5, 5.41) is 0. The van der Waals surface area contributed by atoms with Crippen molar-refractivity contribution < 1.29 is 0 Å². The van der Waals surface area contributed by atoms with Gasteiger partial charge in [0.15, 0.2) is 0 Å². The molecule has 0 aromatic heterocycles. The van der Waals surface area contributed by atoms with Crippen LogP contribution in [0.3, 0.4) is 0 Å². The molecule has 0 nitrogen and oxygen atoms in total. The molecule has 0 unspecified atom stereocenters. The molecule has 4 fully saturated rings. The van der Waals surface area contributed by atoms with E-state index >= 15 is 0 Å². The maximum atomic E-state index is 3.68. The van der Waals surface area contributed by atoms with Crippen LogP contribution in [0.2, 0.25) is 0 Å². The zero-order valence-electron chi connectivity index (χ0n) is 13.5. The van der Waals surface area contributed by atoms with Crippen LogP contribution in [-0.4, -0.2) is 0 Å². The quantitative estimate of drug-likeness (QED) is 0.562. The van der Waals surface area contributed by atoms with E-state index in [9.17, 15) is 0 Å². The lowest BCUT2D eigenvalue weighted by Gasteiger charge is -2.57. The highest BCUT2D eigenvalue weighted by Crippen LogP contribution is 2.60. The molecule has 4 saturated carbocycles. The zero-order valence-corrected chi connectivity index (χ0v) is 15.1. The van der Waals surface area contributed by atoms with Gasteiger partial charge in [0, 0.05) is 4.47 Å². The molecular formula is C22H23Br. The fraction of sp³-hybridized carbons (Fsp3) is 0.455. The summed E-state index contributed by atoms with van der Waals surface area (Å²) in [5.74, 6) is 3.05. The minimum atomic E-state index is 0.515. The molecule has 118 valence electrons. The highest BCUT2D eigenvalue weighted by molar-refractivity contribution is 9.10. The molecule has 0 atom stereocenters. The molecule has 4 aliphatic rings. The number of halogens is 1. The van der Waals surface area contributed by atoms with E-state index in [1.807, 2.05) is 0 Å². The van der Waals surface area contributed by atoms with Crippen LogP contribution >= 0.6 is 15.9 Å². The van der Waals surface area contributed by atoms with Gasteiger partial charge in [-0.15, -0.1) is 0 Å². The van der Waals surface area contributed by atoms with Crippen LogP contribution in [0.4, 0.5) is 0 Å². The predicted octanol–water partition coefficient (Wildman–Crippen LogP) is 6.58. The van der Waals surface area contributed by atoms with Gasteiger partial charge in [0.2, 0.25) is 0 Å². The summed E-state index contributed by atoms with van der Waals surface area (Å²) in [4.78, 5) is 0. The van der Waals surface area contributed by atoms with Gasteiger partial charge in [-0.05, 0) is 84.5 Å². The maximum absolute atomic E-state index is 3.68. The zero-order chi connectivity index (χ0) is 15.4. The monoisotopic (exact) mass is 366 g/mol. The Hall–Kier alpha value is -1.08. The third-order valence-electron chi connectivity index (χ3n) is 6.72. The van der Waals surface area contributed by atoms with Crippen molar-refractivity contribution in [2.75, 3.05) is 0 Å². The summed E-state index contributed by atoms with van der Waals surface area (Å²) in [6, 6.07) is 18.1. The molecule has 4 bridgehead atoms. The molecule has 0 radical (unpaired) electrons. The largest absolute Gasteiger partial charge is 0.0616 e. The molecule has 1 heteroatoms. The highest BCUT2D eigenvalue weighted by atomic mass is 79.9. The lowest BCUT2D eigenvalue weighted by molar-refractivity contribution is -0.00518. The van der Waals surface area contributed by atoms with Crippen LogP contribution in [0, 0.1) is 17.8 Å². The van der Waals surface area contributed by atoms with Gasteiger partial charge in [0.05, 0.1) is 0 Å². The molecule has 0 N–H and O–H groups in total. The van der Waals surface area contributed by atoms with E-state index in [2.05, 4.69) is 64.5 Å². The molecule has 0 saturated heterocycles. The number of benzene rings is 2. The van der Waals surface area contributed by atoms with Crippen LogP contribution in [0.1, 0.15) is 44.1 Å². The average molecular weight is 367 g/mol. The van der Waals surface area contributed by atoms with Crippen molar-refractivity contribution in [1.82, 2.24) is 0 Å². The lowest BCUT2D eigenvalue weighted by Crippen LogP contribution is -2.48. The smallest absolute Gasteiger partial charge is 0.0253 e. The minimum absolute atomic E-state index is 0.515. The summed E-state index contributed by atoms with van der Waals surface area (Å²) in [7, 11) is 0. The van der Waals surface area contributed by atoms with E-state index in [4.69, 9.17) is 0 Å². The maximum Gasteiger partial charge on any atom is 0.0253 e. The van der Waals surface area contributed by atoms with Crippen molar-refractivity contribution in [3.8, 4) is 11.1 Å². The van der Waals surface area contributed by atoms with Gasteiger partial charge in [-0.2, -0.15) is 0 Å².